The molecule has 0 radical (unpaired) electrons. The summed E-state index contributed by atoms with van der Waals surface area (Å²) in [5.74, 6) is 0.723. The first-order valence-electron chi connectivity index (χ1n) is 9.07. The number of aromatic nitrogens is 4. The van der Waals surface area contributed by atoms with Crippen LogP contribution in [0.15, 0.2) is 35.4 Å². The van der Waals surface area contributed by atoms with E-state index in [2.05, 4.69) is 15.3 Å². The Morgan fingerprint density at radius 2 is 2.04 bits per heavy atom. The summed E-state index contributed by atoms with van der Waals surface area (Å²) in [5.41, 5.74) is 2.34. The van der Waals surface area contributed by atoms with Gasteiger partial charge in [-0.05, 0) is 30.5 Å². The summed E-state index contributed by atoms with van der Waals surface area (Å²) >= 11 is 1.23. The Bertz CT molecular complexity index is 1250. The number of aryl methyl sites for hydroxylation is 2. The number of H-pyrrole nitrogens is 1. The summed E-state index contributed by atoms with van der Waals surface area (Å²) in [5, 5.41) is 3.59. The van der Waals surface area contributed by atoms with Crippen molar-refractivity contribution in [1.29, 1.82) is 0 Å². The fraction of sp³-hybridized carbons (Fsp3) is 0.300. The molecule has 144 valence electrons. The smallest absolute Gasteiger partial charge is 0.262 e. The van der Waals surface area contributed by atoms with Gasteiger partial charge >= 0.3 is 0 Å². The number of carbonyl (C=O) groups is 1. The van der Waals surface area contributed by atoms with Crippen molar-refractivity contribution in [2.24, 2.45) is 13.0 Å². The number of imidazole rings is 1. The van der Waals surface area contributed by atoms with Crippen LogP contribution in [0.1, 0.15) is 40.9 Å². The molecule has 0 bridgehead atoms. The summed E-state index contributed by atoms with van der Waals surface area (Å²) in [6.45, 7) is 5.88. The summed E-state index contributed by atoms with van der Waals surface area (Å²) in [7, 11) is 1.96. The van der Waals surface area contributed by atoms with Crippen molar-refractivity contribution in [3.63, 3.8) is 0 Å². The van der Waals surface area contributed by atoms with Gasteiger partial charge in [0.1, 0.15) is 10.7 Å². The molecule has 0 aliphatic carbocycles. The Balaban J connectivity index is 1.74. The molecule has 0 spiro atoms. The molecule has 3 heterocycles. The van der Waals surface area contributed by atoms with Crippen LogP contribution in [0.25, 0.3) is 21.3 Å². The summed E-state index contributed by atoms with van der Waals surface area (Å²) in [4.78, 5) is 37.8. The minimum absolute atomic E-state index is 0.135. The van der Waals surface area contributed by atoms with Crippen LogP contribution in [0.4, 0.5) is 0 Å². The Labute approximate surface area is 165 Å². The van der Waals surface area contributed by atoms with E-state index in [9.17, 15) is 9.59 Å². The normalized spacial score (nSPS) is 12.8. The molecule has 28 heavy (non-hydrogen) atoms. The quantitative estimate of drug-likeness (QED) is 0.554. The van der Waals surface area contributed by atoms with Crippen LogP contribution < -0.4 is 10.9 Å². The Morgan fingerprint density at radius 3 is 2.71 bits per heavy atom. The first-order valence-corrected chi connectivity index (χ1v) is 9.89. The van der Waals surface area contributed by atoms with Crippen molar-refractivity contribution in [2.75, 3.05) is 0 Å². The van der Waals surface area contributed by atoms with Crippen LogP contribution in [-0.4, -0.2) is 25.4 Å². The van der Waals surface area contributed by atoms with Crippen LogP contribution >= 0.6 is 11.3 Å². The van der Waals surface area contributed by atoms with E-state index in [0.29, 0.717) is 20.7 Å². The lowest BCUT2D eigenvalue weighted by atomic mass is 10.0. The van der Waals surface area contributed by atoms with E-state index in [-0.39, 0.29) is 23.4 Å². The first-order chi connectivity index (χ1) is 13.4. The van der Waals surface area contributed by atoms with Gasteiger partial charge in [0.15, 0.2) is 0 Å². The number of carbonyl (C=O) groups excluding carboxylic acids is 1. The van der Waals surface area contributed by atoms with Gasteiger partial charge in [-0.2, -0.15) is 0 Å². The van der Waals surface area contributed by atoms with Gasteiger partial charge in [0, 0.05) is 7.05 Å². The maximum Gasteiger partial charge on any atom is 0.262 e. The van der Waals surface area contributed by atoms with Gasteiger partial charge in [-0.1, -0.05) is 26.0 Å². The van der Waals surface area contributed by atoms with Gasteiger partial charge in [-0.15, -0.1) is 11.3 Å². The highest BCUT2D eigenvalue weighted by atomic mass is 32.1. The standard InChI is InChI=1S/C20H21N5O2S/c1-10(2)15(17-23-12-7-5-6-8-13(12)25(17)4)24-19(27)16-11(3)14-18(26)21-9-22-20(14)28-16/h5-10,15H,1-4H3,(H,24,27)(H,21,22,26)/t15-/m0/s1. The van der Waals surface area contributed by atoms with Crippen LogP contribution in [0.2, 0.25) is 0 Å². The number of hydrogen-bond donors (Lipinski definition) is 2. The number of nitrogens with one attached hydrogen (secondary N) is 2. The van der Waals surface area contributed by atoms with E-state index in [0.717, 1.165) is 16.9 Å². The van der Waals surface area contributed by atoms with E-state index >= 15 is 0 Å². The van der Waals surface area contributed by atoms with E-state index < -0.39 is 0 Å². The maximum atomic E-state index is 13.1. The van der Waals surface area contributed by atoms with Crippen molar-refractivity contribution in [2.45, 2.75) is 26.8 Å². The van der Waals surface area contributed by atoms with Crippen LogP contribution in [0.3, 0.4) is 0 Å². The Morgan fingerprint density at radius 1 is 1.29 bits per heavy atom. The highest BCUT2D eigenvalue weighted by Crippen LogP contribution is 2.29. The Kier molecular flexibility index (Phi) is 4.50. The van der Waals surface area contributed by atoms with E-state index in [1.54, 1.807) is 6.92 Å². The van der Waals surface area contributed by atoms with Gasteiger partial charge in [-0.25, -0.2) is 9.97 Å². The van der Waals surface area contributed by atoms with Crippen LogP contribution in [0, 0.1) is 12.8 Å². The van der Waals surface area contributed by atoms with Crippen molar-refractivity contribution in [3.8, 4) is 0 Å². The molecule has 1 aromatic carbocycles. The topological polar surface area (TPSA) is 92.7 Å². The van der Waals surface area contributed by atoms with E-state index in [1.165, 1.54) is 17.7 Å². The minimum atomic E-state index is -0.263. The number of para-hydroxylation sites is 2. The molecule has 1 amide bonds. The minimum Gasteiger partial charge on any atom is -0.341 e. The van der Waals surface area contributed by atoms with Crippen molar-refractivity contribution in [3.05, 3.63) is 57.2 Å². The molecule has 4 aromatic rings. The molecule has 0 saturated heterocycles. The average Bonchev–Trinajstić information content (AvgIpc) is 3.18. The molecule has 0 aliphatic heterocycles. The number of benzene rings is 1. The predicted molar refractivity (Wildman–Crippen MR) is 111 cm³/mol. The fourth-order valence-electron chi connectivity index (χ4n) is 3.47. The first kappa shape index (κ1) is 18.4. The van der Waals surface area contributed by atoms with Crippen LogP contribution in [-0.2, 0) is 7.05 Å². The number of hydrogen-bond acceptors (Lipinski definition) is 5. The number of amides is 1. The Hall–Kier alpha value is -3.00. The molecule has 4 rings (SSSR count). The zero-order valence-electron chi connectivity index (χ0n) is 16.1. The van der Waals surface area contributed by atoms with Gasteiger partial charge in [0.2, 0.25) is 0 Å². The van der Waals surface area contributed by atoms with Gasteiger partial charge in [-0.3, -0.25) is 9.59 Å². The van der Waals surface area contributed by atoms with Crippen LogP contribution in [0.5, 0.6) is 0 Å². The molecular formula is C20H21N5O2S. The number of nitrogens with zero attached hydrogens (tertiary/aromatic N) is 3. The lowest BCUT2D eigenvalue weighted by molar-refractivity contribution is 0.0926. The largest absolute Gasteiger partial charge is 0.341 e. The third-order valence-corrected chi connectivity index (χ3v) is 6.19. The van der Waals surface area contributed by atoms with Crippen molar-refractivity contribution in [1.82, 2.24) is 24.8 Å². The third kappa shape index (κ3) is 2.90. The number of rotatable bonds is 4. The third-order valence-electron chi connectivity index (χ3n) is 4.99. The SMILES string of the molecule is Cc1c(C(=O)N[C@H](c2nc3ccccc3n2C)C(C)C)sc2nc[nH]c(=O)c12. The van der Waals surface area contributed by atoms with E-state index in [1.807, 2.05) is 49.7 Å². The second-order valence-electron chi connectivity index (χ2n) is 7.18. The van der Waals surface area contributed by atoms with Gasteiger partial charge < -0.3 is 14.9 Å². The molecule has 0 aliphatic rings. The molecule has 7 nitrogen and oxygen atoms in total. The summed E-state index contributed by atoms with van der Waals surface area (Å²) in [6.07, 6.45) is 1.36. The van der Waals surface area contributed by atoms with Crippen molar-refractivity contribution >= 4 is 38.5 Å². The highest BCUT2D eigenvalue weighted by molar-refractivity contribution is 7.20. The molecule has 0 unspecified atom stereocenters. The van der Waals surface area contributed by atoms with E-state index in [4.69, 9.17) is 4.98 Å². The summed E-state index contributed by atoms with van der Waals surface area (Å²) < 4.78 is 2.02. The monoisotopic (exact) mass is 395 g/mol. The molecule has 3 aromatic heterocycles. The lowest BCUT2D eigenvalue weighted by Gasteiger charge is -2.22. The zero-order chi connectivity index (χ0) is 20.0. The molecule has 0 fully saturated rings. The molecular weight excluding hydrogens is 374 g/mol. The molecule has 2 N–H and O–H groups in total. The average molecular weight is 395 g/mol. The fourth-order valence-corrected chi connectivity index (χ4v) is 4.53. The number of aromatic amines is 1. The molecule has 1 atom stereocenters. The maximum absolute atomic E-state index is 13.1. The van der Waals surface area contributed by atoms with Gasteiger partial charge in [0.05, 0.1) is 33.7 Å². The molecule has 8 heteroatoms. The zero-order valence-corrected chi connectivity index (χ0v) is 16.9. The number of thiophene rings is 1. The molecule has 0 saturated carbocycles. The predicted octanol–water partition coefficient (Wildman–Crippen LogP) is 3.31. The van der Waals surface area contributed by atoms with Gasteiger partial charge in [0.25, 0.3) is 11.5 Å². The highest BCUT2D eigenvalue weighted by Gasteiger charge is 2.26. The number of fused-ring (bicyclic) bond motifs is 2. The lowest BCUT2D eigenvalue weighted by Crippen LogP contribution is -2.33. The second kappa shape index (κ2) is 6.87. The summed E-state index contributed by atoms with van der Waals surface area (Å²) in [6, 6.07) is 7.64. The second-order valence-corrected chi connectivity index (χ2v) is 8.18. The van der Waals surface area contributed by atoms with Crippen molar-refractivity contribution < 1.29 is 4.79 Å².